The van der Waals surface area contributed by atoms with E-state index in [1.54, 1.807) is 6.20 Å². The standard InChI is InChI=1S/C16H20N2O3/c19-14-9-8-12(16(20)21)15(13-7-3-4-10-17-13)18(14)11-5-1-2-6-11/h3-4,7,10-12,15H,1-2,5-6,8-9H2,(H,20,21). The van der Waals surface area contributed by atoms with Gasteiger partial charge in [-0.15, -0.1) is 0 Å². The van der Waals surface area contributed by atoms with Crippen LogP contribution in [0.2, 0.25) is 0 Å². The lowest BCUT2D eigenvalue weighted by Crippen LogP contribution is -2.49. The highest BCUT2D eigenvalue weighted by molar-refractivity contribution is 5.82. The fourth-order valence-electron chi connectivity index (χ4n) is 3.69. The highest BCUT2D eigenvalue weighted by Crippen LogP contribution is 2.40. The molecule has 0 spiro atoms. The number of nitrogens with zero attached hydrogens (tertiary/aromatic N) is 2. The Morgan fingerprint density at radius 3 is 2.62 bits per heavy atom. The minimum Gasteiger partial charge on any atom is -0.481 e. The zero-order chi connectivity index (χ0) is 14.8. The Labute approximate surface area is 124 Å². The van der Waals surface area contributed by atoms with Crippen LogP contribution in [0.4, 0.5) is 0 Å². The van der Waals surface area contributed by atoms with Gasteiger partial charge in [0.2, 0.25) is 5.91 Å². The summed E-state index contributed by atoms with van der Waals surface area (Å²) >= 11 is 0. The van der Waals surface area contributed by atoms with Gasteiger partial charge in [-0.05, 0) is 31.4 Å². The maximum Gasteiger partial charge on any atom is 0.309 e. The largest absolute Gasteiger partial charge is 0.481 e. The summed E-state index contributed by atoms with van der Waals surface area (Å²) in [7, 11) is 0. The normalized spacial score (nSPS) is 27.0. The lowest BCUT2D eigenvalue weighted by Gasteiger charge is -2.42. The lowest BCUT2D eigenvalue weighted by atomic mass is 9.85. The monoisotopic (exact) mass is 288 g/mol. The van der Waals surface area contributed by atoms with Crippen molar-refractivity contribution in [1.29, 1.82) is 0 Å². The number of aromatic nitrogens is 1. The third kappa shape index (κ3) is 2.64. The smallest absolute Gasteiger partial charge is 0.309 e. The fraction of sp³-hybridized carbons (Fsp3) is 0.562. The van der Waals surface area contributed by atoms with Crippen LogP contribution in [0, 0.1) is 5.92 Å². The SMILES string of the molecule is O=C(O)C1CCC(=O)N(C2CCCC2)C1c1ccccn1. The van der Waals surface area contributed by atoms with E-state index in [2.05, 4.69) is 4.98 Å². The Morgan fingerprint density at radius 2 is 2.00 bits per heavy atom. The molecule has 1 aliphatic heterocycles. The van der Waals surface area contributed by atoms with Crippen molar-refractivity contribution < 1.29 is 14.7 Å². The molecule has 2 atom stereocenters. The number of carbonyl (C=O) groups excluding carboxylic acids is 1. The van der Waals surface area contributed by atoms with Gasteiger partial charge in [0.05, 0.1) is 17.7 Å². The summed E-state index contributed by atoms with van der Waals surface area (Å²) < 4.78 is 0. The predicted octanol–water partition coefficient (Wildman–Crippen LogP) is 2.39. The van der Waals surface area contributed by atoms with Gasteiger partial charge in [-0.25, -0.2) is 0 Å². The first kappa shape index (κ1) is 14.0. The number of carbonyl (C=O) groups is 2. The van der Waals surface area contributed by atoms with E-state index in [4.69, 9.17) is 0 Å². The molecule has 1 N–H and O–H groups in total. The Balaban J connectivity index is 1.99. The quantitative estimate of drug-likeness (QED) is 0.927. The molecule has 112 valence electrons. The molecule has 3 rings (SSSR count). The molecule has 2 unspecified atom stereocenters. The van der Waals surface area contributed by atoms with Gasteiger partial charge in [-0.1, -0.05) is 18.9 Å². The van der Waals surface area contributed by atoms with E-state index in [9.17, 15) is 14.7 Å². The molecule has 5 nitrogen and oxygen atoms in total. The molecule has 1 aliphatic carbocycles. The Bertz CT molecular complexity index is 526. The summed E-state index contributed by atoms with van der Waals surface area (Å²) in [6, 6.07) is 5.25. The first-order chi connectivity index (χ1) is 10.2. The summed E-state index contributed by atoms with van der Waals surface area (Å²) in [5.41, 5.74) is 0.699. The van der Waals surface area contributed by atoms with Gasteiger partial charge in [0.15, 0.2) is 0 Å². The fourth-order valence-corrected chi connectivity index (χ4v) is 3.69. The van der Waals surface area contributed by atoms with Crippen molar-refractivity contribution >= 4 is 11.9 Å². The Morgan fingerprint density at radius 1 is 1.24 bits per heavy atom. The Hall–Kier alpha value is -1.91. The van der Waals surface area contributed by atoms with Crippen LogP contribution < -0.4 is 0 Å². The summed E-state index contributed by atoms with van der Waals surface area (Å²) in [5.74, 6) is -1.31. The van der Waals surface area contributed by atoms with Crippen molar-refractivity contribution in [1.82, 2.24) is 9.88 Å². The van der Waals surface area contributed by atoms with Crippen LogP contribution in [0.3, 0.4) is 0 Å². The molecular weight excluding hydrogens is 268 g/mol. The second-order valence-corrected chi connectivity index (χ2v) is 5.92. The summed E-state index contributed by atoms with van der Waals surface area (Å²) in [4.78, 5) is 30.2. The summed E-state index contributed by atoms with van der Waals surface area (Å²) in [6.07, 6.45) is 6.57. The van der Waals surface area contributed by atoms with Gasteiger partial charge in [0, 0.05) is 18.7 Å². The number of carboxylic acid groups (broad SMARTS) is 1. The molecule has 21 heavy (non-hydrogen) atoms. The van der Waals surface area contributed by atoms with Crippen molar-refractivity contribution in [3.05, 3.63) is 30.1 Å². The van der Waals surface area contributed by atoms with E-state index >= 15 is 0 Å². The third-order valence-electron chi connectivity index (χ3n) is 4.66. The van der Waals surface area contributed by atoms with Gasteiger partial charge < -0.3 is 10.0 Å². The number of likely N-dealkylation sites (tertiary alicyclic amines) is 1. The molecule has 1 aromatic heterocycles. The van der Waals surface area contributed by atoms with Crippen molar-refractivity contribution in [2.75, 3.05) is 0 Å². The van der Waals surface area contributed by atoms with Crippen LogP contribution in [0.1, 0.15) is 50.3 Å². The average molecular weight is 288 g/mol. The van der Waals surface area contributed by atoms with Crippen LogP contribution in [-0.4, -0.2) is 32.9 Å². The number of hydrogen-bond donors (Lipinski definition) is 1. The first-order valence-electron chi connectivity index (χ1n) is 7.63. The van der Waals surface area contributed by atoms with Crippen molar-refractivity contribution in [3.8, 4) is 0 Å². The number of amides is 1. The zero-order valence-corrected chi connectivity index (χ0v) is 11.9. The minimum absolute atomic E-state index is 0.0788. The van der Waals surface area contributed by atoms with Crippen LogP contribution in [0.15, 0.2) is 24.4 Å². The van der Waals surface area contributed by atoms with Crippen LogP contribution in [-0.2, 0) is 9.59 Å². The number of carboxylic acids is 1. The van der Waals surface area contributed by atoms with Gasteiger partial charge in [0.1, 0.15) is 0 Å². The van der Waals surface area contributed by atoms with Crippen LogP contribution in [0.5, 0.6) is 0 Å². The van der Waals surface area contributed by atoms with Crippen LogP contribution in [0.25, 0.3) is 0 Å². The molecule has 1 aromatic rings. The van der Waals surface area contributed by atoms with Gasteiger partial charge >= 0.3 is 5.97 Å². The zero-order valence-electron chi connectivity index (χ0n) is 11.9. The number of pyridine rings is 1. The summed E-state index contributed by atoms with van der Waals surface area (Å²) in [6.45, 7) is 0. The van der Waals surface area contributed by atoms with E-state index < -0.39 is 17.9 Å². The summed E-state index contributed by atoms with van der Waals surface area (Å²) in [5, 5.41) is 9.55. The maximum atomic E-state index is 12.4. The topological polar surface area (TPSA) is 70.5 Å². The van der Waals surface area contributed by atoms with E-state index in [-0.39, 0.29) is 11.9 Å². The van der Waals surface area contributed by atoms with E-state index in [1.165, 1.54) is 0 Å². The van der Waals surface area contributed by atoms with Gasteiger partial charge in [-0.3, -0.25) is 14.6 Å². The van der Waals surface area contributed by atoms with E-state index in [1.807, 2.05) is 23.1 Å². The average Bonchev–Trinajstić information content (AvgIpc) is 3.01. The van der Waals surface area contributed by atoms with Crippen molar-refractivity contribution in [2.45, 2.75) is 50.6 Å². The molecule has 1 amide bonds. The second-order valence-electron chi connectivity index (χ2n) is 5.92. The predicted molar refractivity (Wildman–Crippen MR) is 76.4 cm³/mol. The second kappa shape index (κ2) is 5.84. The molecule has 0 radical (unpaired) electrons. The number of hydrogen-bond acceptors (Lipinski definition) is 3. The van der Waals surface area contributed by atoms with E-state index in [0.29, 0.717) is 18.5 Å². The molecule has 1 saturated carbocycles. The molecule has 2 aliphatic rings. The molecule has 2 heterocycles. The van der Waals surface area contributed by atoms with Crippen LogP contribution >= 0.6 is 0 Å². The number of aliphatic carboxylic acids is 1. The third-order valence-corrected chi connectivity index (χ3v) is 4.66. The molecule has 5 heteroatoms. The first-order valence-corrected chi connectivity index (χ1v) is 7.63. The molecule has 0 bridgehead atoms. The number of piperidine rings is 1. The molecular formula is C16H20N2O3. The highest BCUT2D eigenvalue weighted by Gasteiger charge is 2.44. The maximum absolute atomic E-state index is 12.4. The molecule has 2 fully saturated rings. The van der Waals surface area contributed by atoms with E-state index in [0.717, 1.165) is 25.7 Å². The van der Waals surface area contributed by atoms with Crippen molar-refractivity contribution in [2.24, 2.45) is 5.92 Å². The van der Waals surface area contributed by atoms with Crippen molar-refractivity contribution in [3.63, 3.8) is 0 Å². The van der Waals surface area contributed by atoms with Gasteiger partial charge in [-0.2, -0.15) is 0 Å². The molecule has 0 aromatic carbocycles. The molecule has 1 saturated heterocycles. The highest BCUT2D eigenvalue weighted by atomic mass is 16.4. The number of rotatable bonds is 3. The van der Waals surface area contributed by atoms with Gasteiger partial charge in [0.25, 0.3) is 0 Å². The lowest BCUT2D eigenvalue weighted by molar-refractivity contribution is -0.154. The Kier molecular flexibility index (Phi) is 3.90. The minimum atomic E-state index is -0.832.